The molecule has 0 spiro atoms. The topological polar surface area (TPSA) is 24.7 Å². The van der Waals surface area contributed by atoms with Gasteiger partial charge in [-0.1, -0.05) is 101 Å². The van der Waals surface area contributed by atoms with Crippen LogP contribution in [0.4, 0.5) is 0 Å². The zero-order valence-electron chi connectivity index (χ0n) is 17.0. The van der Waals surface area contributed by atoms with Gasteiger partial charge in [0.25, 0.3) is 0 Å². The Hall–Kier alpha value is -2.22. The van der Waals surface area contributed by atoms with Gasteiger partial charge in [0.05, 0.1) is 12.4 Å². The van der Waals surface area contributed by atoms with E-state index in [4.69, 9.17) is 0 Å². The first-order valence-corrected chi connectivity index (χ1v) is 10.6. The molecule has 144 valence electrons. The average Bonchev–Trinajstić information content (AvgIpc) is 2.70. The van der Waals surface area contributed by atoms with Gasteiger partial charge in [-0.2, -0.15) is 10.2 Å². The first-order chi connectivity index (χ1) is 13.3. The van der Waals surface area contributed by atoms with Crippen molar-refractivity contribution in [2.45, 2.75) is 71.6 Å². The lowest BCUT2D eigenvalue weighted by molar-refractivity contribution is 0.607. The molecule has 2 aromatic rings. The summed E-state index contributed by atoms with van der Waals surface area (Å²) in [5, 5.41) is 8.34. The molecule has 2 rings (SSSR count). The van der Waals surface area contributed by atoms with E-state index in [9.17, 15) is 0 Å². The molecule has 0 aromatic heterocycles. The fourth-order valence-corrected chi connectivity index (χ4v) is 3.14. The zero-order valence-corrected chi connectivity index (χ0v) is 17.0. The van der Waals surface area contributed by atoms with Crippen molar-refractivity contribution in [2.75, 3.05) is 0 Å². The van der Waals surface area contributed by atoms with Crippen LogP contribution in [0.3, 0.4) is 0 Å². The molecular formula is C25H34N2. The van der Waals surface area contributed by atoms with Gasteiger partial charge in [-0.05, 0) is 41.5 Å². The van der Waals surface area contributed by atoms with Crippen LogP contribution in [0.25, 0.3) is 0 Å². The second kappa shape index (κ2) is 13.0. The Labute approximate surface area is 165 Å². The highest BCUT2D eigenvalue weighted by Crippen LogP contribution is 2.11. The third-order valence-electron chi connectivity index (χ3n) is 4.80. The van der Waals surface area contributed by atoms with Gasteiger partial charge in [0.1, 0.15) is 0 Å². The van der Waals surface area contributed by atoms with Crippen LogP contribution in [0.5, 0.6) is 0 Å². The van der Waals surface area contributed by atoms with Gasteiger partial charge in [-0.25, -0.2) is 0 Å². The third-order valence-corrected chi connectivity index (χ3v) is 4.80. The summed E-state index contributed by atoms with van der Waals surface area (Å²) >= 11 is 0. The molecule has 0 saturated heterocycles. The fraction of sp³-hybridized carbons (Fsp3) is 0.440. The van der Waals surface area contributed by atoms with Gasteiger partial charge in [-0.3, -0.25) is 0 Å². The predicted octanol–water partition coefficient (Wildman–Crippen LogP) is 7.00. The van der Waals surface area contributed by atoms with Crippen LogP contribution in [-0.2, 0) is 12.8 Å². The van der Waals surface area contributed by atoms with Crippen molar-refractivity contribution in [3.8, 4) is 0 Å². The molecule has 0 aliphatic heterocycles. The van der Waals surface area contributed by atoms with Crippen LogP contribution in [-0.4, -0.2) is 12.4 Å². The monoisotopic (exact) mass is 362 g/mol. The Balaban J connectivity index is 1.73. The Morgan fingerprint density at radius 1 is 0.556 bits per heavy atom. The van der Waals surface area contributed by atoms with Gasteiger partial charge < -0.3 is 0 Å². The summed E-state index contributed by atoms with van der Waals surface area (Å²) < 4.78 is 0. The first kappa shape index (κ1) is 21.1. The van der Waals surface area contributed by atoms with Crippen molar-refractivity contribution in [3.63, 3.8) is 0 Å². The number of aryl methyl sites for hydroxylation is 2. The summed E-state index contributed by atoms with van der Waals surface area (Å²) in [6.07, 6.45) is 15.2. The van der Waals surface area contributed by atoms with E-state index in [0.717, 1.165) is 17.5 Å². The van der Waals surface area contributed by atoms with Gasteiger partial charge in [0.2, 0.25) is 0 Å². The van der Waals surface area contributed by atoms with Gasteiger partial charge in [0, 0.05) is 0 Å². The lowest BCUT2D eigenvalue weighted by Gasteiger charge is -2.02. The molecule has 0 aliphatic rings. The van der Waals surface area contributed by atoms with E-state index >= 15 is 0 Å². The maximum absolute atomic E-state index is 4.17. The quantitative estimate of drug-likeness (QED) is 0.221. The molecule has 2 heteroatoms. The van der Waals surface area contributed by atoms with Crippen LogP contribution in [0.2, 0.25) is 0 Å². The van der Waals surface area contributed by atoms with Crippen molar-refractivity contribution in [3.05, 3.63) is 70.8 Å². The van der Waals surface area contributed by atoms with Crippen LogP contribution < -0.4 is 0 Å². The Kier molecular flexibility index (Phi) is 10.2. The highest BCUT2D eigenvalue weighted by molar-refractivity contribution is 5.82. The summed E-state index contributed by atoms with van der Waals surface area (Å²) in [4.78, 5) is 0. The third kappa shape index (κ3) is 8.81. The molecule has 27 heavy (non-hydrogen) atoms. The largest absolute Gasteiger partial charge is 0.159 e. The number of nitrogens with zero attached hydrogens (tertiary/aromatic N) is 2. The fourth-order valence-electron chi connectivity index (χ4n) is 3.14. The molecule has 0 fully saturated rings. The summed E-state index contributed by atoms with van der Waals surface area (Å²) in [6, 6.07) is 17.2. The number of hydrogen-bond acceptors (Lipinski definition) is 2. The molecule has 0 unspecified atom stereocenters. The molecular weight excluding hydrogens is 328 g/mol. The summed E-state index contributed by atoms with van der Waals surface area (Å²) in [7, 11) is 0. The molecule has 0 aliphatic carbocycles. The molecule has 0 amide bonds. The lowest BCUT2D eigenvalue weighted by atomic mass is 10.0. The van der Waals surface area contributed by atoms with E-state index in [-0.39, 0.29) is 0 Å². The van der Waals surface area contributed by atoms with Crippen molar-refractivity contribution in [2.24, 2.45) is 10.2 Å². The second-order valence-corrected chi connectivity index (χ2v) is 7.24. The number of rotatable bonds is 12. The number of unbranched alkanes of at least 4 members (excludes halogenated alkanes) is 5. The van der Waals surface area contributed by atoms with Crippen molar-refractivity contribution < 1.29 is 0 Å². The van der Waals surface area contributed by atoms with E-state index in [1.54, 1.807) is 6.21 Å². The molecule has 0 N–H and O–H groups in total. The Morgan fingerprint density at radius 2 is 1.04 bits per heavy atom. The SMILES string of the molecule is CCCCCCCCc1ccc(/C=N/N=C/c2ccc(CCC)cc2)cc1. The number of benzene rings is 2. The minimum absolute atomic E-state index is 1.08. The van der Waals surface area contributed by atoms with Crippen LogP contribution in [0.1, 0.15) is 81.0 Å². The van der Waals surface area contributed by atoms with E-state index in [2.05, 4.69) is 72.6 Å². The molecule has 2 aromatic carbocycles. The summed E-state index contributed by atoms with van der Waals surface area (Å²) in [5.74, 6) is 0. The normalized spacial score (nSPS) is 11.6. The molecule has 0 bridgehead atoms. The highest BCUT2D eigenvalue weighted by Gasteiger charge is 1.95. The minimum atomic E-state index is 1.08. The molecule has 0 saturated carbocycles. The van der Waals surface area contributed by atoms with E-state index in [0.29, 0.717) is 0 Å². The predicted molar refractivity (Wildman–Crippen MR) is 119 cm³/mol. The van der Waals surface area contributed by atoms with Gasteiger partial charge in [0.15, 0.2) is 0 Å². The van der Waals surface area contributed by atoms with E-state index in [1.807, 2.05) is 6.21 Å². The summed E-state index contributed by atoms with van der Waals surface area (Å²) in [5.41, 5.74) is 4.97. The minimum Gasteiger partial charge on any atom is -0.159 e. The Bertz CT molecular complexity index is 681. The van der Waals surface area contributed by atoms with Crippen LogP contribution in [0.15, 0.2) is 58.7 Å². The van der Waals surface area contributed by atoms with Crippen molar-refractivity contribution in [1.82, 2.24) is 0 Å². The smallest absolute Gasteiger partial charge is 0.0568 e. The standard InChI is InChI=1S/C25H34N2/c1-3-5-6-7-8-9-11-23-14-18-25(19-15-23)21-27-26-20-24-16-12-22(10-4-2)13-17-24/h12-21H,3-11H2,1-2H3/b26-20+,27-21+. The number of hydrogen-bond donors (Lipinski definition) is 0. The first-order valence-electron chi connectivity index (χ1n) is 10.6. The van der Waals surface area contributed by atoms with E-state index < -0.39 is 0 Å². The maximum Gasteiger partial charge on any atom is 0.0568 e. The average molecular weight is 363 g/mol. The second-order valence-electron chi connectivity index (χ2n) is 7.24. The molecule has 0 heterocycles. The Morgan fingerprint density at radius 3 is 1.56 bits per heavy atom. The van der Waals surface area contributed by atoms with Gasteiger partial charge >= 0.3 is 0 Å². The lowest BCUT2D eigenvalue weighted by Crippen LogP contribution is -1.88. The van der Waals surface area contributed by atoms with Crippen molar-refractivity contribution >= 4 is 12.4 Å². The molecule has 2 nitrogen and oxygen atoms in total. The van der Waals surface area contributed by atoms with Crippen LogP contribution >= 0.6 is 0 Å². The van der Waals surface area contributed by atoms with Gasteiger partial charge in [-0.15, -0.1) is 0 Å². The molecule has 0 atom stereocenters. The molecule has 0 radical (unpaired) electrons. The van der Waals surface area contributed by atoms with E-state index in [1.165, 1.54) is 62.5 Å². The zero-order chi connectivity index (χ0) is 19.2. The maximum atomic E-state index is 4.17. The summed E-state index contributed by atoms with van der Waals surface area (Å²) in [6.45, 7) is 4.46. The van der Waals surface area contributed by atoms with Crippen molar-refractivity contribution in [1.29, 1.82) is 0 Å². The highest BCUT2D eigenvalue weighted by atomic mass is 15.2. The van der Waals surface area contributed by atoms with Crippen LogP contribution in [0, 0.1) is 0 Å².